The number of halogens is 1. The maximum Gasteiger partial charge on any atom is 0.0259 e. The van der Waals surface area contributed by atoms with Gasteiger partial charge in [0.2, 0.25) is 0 Å². The molecule has 1 heteroatoms. The van der Waals surface area contributed by atoms with Gasteiger partial charge in [-0.3, -0.25) is 0 Å². The van der Waals surface area contributed by atoms with Crippen molar-refractivity contribution in [2.24, 2.45) is 0 Å². The number of hydrogen-bond donors (Lipinski definition) is 0. The summed E-state index contributed by atoms with van der Waals surface area (Å²) in [7, 11) is 0. The molecule has 1 aliphatic carbocycles. The van der Waals surface area contributed by atoms with Gasteiger partial charge in [0, 0.05) is 9.89 Å². The van der Waals surface area contributed by atoms with Crippen LogP contribution in [0.15, 0.2) is 95.5 Å². The summed E-state index contributed by atoms with van der Waals surface area (Å²) in [5.74, 6) is 0. The summed E-state index contributed by atoms with van der Waals surface area (Å²) in [6.45, 7) is 4.66. The van der Waals surface area contributed by atoms with E-state index in [1.165, 1.54) is 44.5 Å². The van der Waals surface area contributed by atoms with Crippen molar-refractivity contribution in [2.75, 3.05) is 0 Å². The molecule has 0 N–H and O–H groups in total. The normalized spacial score (nSPS) is 13.8. The third-order valence-electron chi connectivity index (χ3n) is 5.97. The Hall–Kier alpha value is -2.64. The van der Waals surface area contributed by atoms with Gasteiger partial charge in [-0.25, -0.2) is 0 Å². The molecule has 0 saturated heterocycles. The second-order valence-electron chi connectivity index (χ2n) is 7.99. The Kier molecular flexibility index (Phi) is 4.03. The van der Waals surface area contributed by atoms with Crippen LogP contribution in [0, 0.1) is 0 Å². The van der Waals surface area contributed by atoms with Gasteiger partial charge in [-0.1, -0.05) is 109 Å². The average Bonchev–Trinajstić information content (AvgIpc) is 2.96. The summed E-state index contributed by atoms with van der Waals surface area (Å²) in [4.78, 5) is 0. The van der Waals surface area contributed by atoms with Crippen LogP contribution < -0.4 is 0 Å². The minimum Gasteiger partial charge on any atom is -0.0622 e. The first-order valence-electron chi connectivity index (χ1n) is 9.65. The number of rotatable bonds is 2. The Balaban J connectivity index is 1.59. The first-order chi connectivity index (χ1) is 13.6. The first-order valence-corrected chi connectivity index (χ1v) is 10.4. The van der Waals surface area contributed by atoms with Crippen molar-refractivity contribution in [1.29, 1.82) is 0 Å². The van der Waals surface area contributed by atoms with Gasteiger partial charge >= 0.3 is 0 Å². The Morgan fingerprint density at radius 2 is 1.14 bits per heavy atom. The molecule has 0 amide bonds. The highest BCUT2D eigenvalue weighted by Gasteiger charge is 2.35. The third kappa shape index (κ3) is 2.65. The van der Waals surface area contributed by atoms with Crippen LogP contribution >= 0.6 is 15.9 Å². The molecule has 5 rings (SSSR count). The monoisotopic (exact) mass is 424 g/mol. The molecule has 136 valence electrons. The fraction of sp³-hybridized carbons (Fsp3) is 0.111. The molecule has 28 heavy (non-hydrogen) atoms. The van der Waals surface area contributed by atoms with Gasteiger partial charge in [-0.05, 0) is 56.6 Å². The fourth-order valence-corrected chi connectivity index (χ4v) is 5.04. The molecule has 0 saturated carbocycles. The fourth-order valence-electron chi connectivity index (χ4n) is 4.43. The molecule has 0 aromatic heterocycles. The predicted molar refractivity (Wildman–Crippen MR) is 123 cm³/mol. The van der Waals surface area contributed by atoms with Crippen molar-refractivity contribution < 1.29 is 0 Å². The summed E-state index contributed by atoms with van der Waals surface area (Å²) in [5.41, 5.74) is 10.5. The molecule has 1 aliphatic rings. The van der Waals surface area contributed by atoms with E-state index in [9.17, 15) is 0 Å². The van der Waals surface area contributed by atoms with Crippen LogP contribution in [0.4, 0.5) is 0 Å². The van der Waals surface area contributed by atoms with Crippen LogP contribution in [0.25, 0.3) is 33.4 Å². The van der Waals surface area contributed by atoms with Crippen LogP contribution in [-0.4, -0.2) is 0 Å². The molecule has 0 fully saturated rings. The molecule has 0 unspecified atom stereocenters. The standard InChI is InChI=1S/C27H21Br/c1-27(2)24-11-7-6-10-22(24)23-15-13-19(16-25(23)27)20-12-14-21(26(28)17-20)18-8-4-3-5-9-18/h3-17H,1-2H3. The zero-order valence-corrected chi connectivity index (χ0v) is 17.6. The van der Waals surface area contributed by atoms with Crippen molar-refractivity contribution >= 4 is 15.9 Å². The van der Waals surface area contributed by atoms with E-state index >= 15 is 0 Å². The molecule has 0 heterocycles. The summed E-state index contributed by atoms with van der Waals surface area (Å²) in [5, 5.41) is 0. The van der Waals surface area contributed by atoms with Gasteiger partial charge in [0.25, 0.3) is 0 Å². The second-order valence-corrected chi connectivity index (χ2v) is 8.85. The van der Waals surface area contributed by atoms with Crippen LogP contribution in [0.3, 0.4) is 0 Å². The van der Waals surface area contributed by atoms with Crippen LogP contribution in [0.1, 0.15) is 25.0 Å². The SMILES string of the molecule is CC1(C)c2ccccc2-c2ccc(-c3ccc(-c4ccccc4)c(Br)c3)cc21. The van der Waals surface area contributed by atoms with Gasteiger partial charge in [-0.15, -0.1) is 0 Å². The third-order valence-corrected chi connectivity index (χ3v) is 6.63. The minimum absolute atomic E-state index is 0.0309. The van der Waals surface area contributed by atoms with Crippen molar-refractivity contribution in [3.05, 3.63) is 107 Å². The summed E-state index contributed by atoms with van der Waals surface area (Å²) >= 11 is 3.79. The zero-order valence-electron chi connectivity index (χ0n) is 16.0. The molecule has 0 bridgehead atoms. The highest BCUT2D eigenvalue weighted by Crippen LogP contribution is 2.49. The maximum absolute atomic E-state index is 3.79. The van der Waals surface area contributed by atoms with Crippen molar-refractivity contribution in [3.8, 4) is 33.4 Å². The van der Waals surface area contributed by atoms with Crippen LogP contribution in [-0.2, 0) is 5.41 Å². The topological polar surface area (TPSA) is 0 Å². The Labute approximate surface area is 175 Å². The van der Waals surface area contributed by atoms with E-state index in [1.54, 1.807) is 0 Å². The highest BCUT2D eigenvalue weighted by atomic mass is 79.9. The lowest BCUT2D eigenvalue weighted by Gasteiger charge is -2.22. The first kappa shape index (κ1) is 17.5. The zero-order chi connectivity index (χ0) is 19.3. The van der Waals surface area contributed by atoms with Crippen molar-refractivity contribution in [1.82, 2.24) is 0 Å². The summed E-state index contributed by atoms with van der Waals surface area (Å²) in [6, 6.07) is 32.9. The molecule has 4 aromatic carbocycles. The molecule has 0 nitrogen and oxygen atoms in total. The molecular weight excluding hydrogens is 404 g/mol. The molecule has 0 spiro atoms. The van der Waals surface area contributed by atoms with E-state index in [4.69, 9.17) is 0 Å². The van der Waals surface area contributed by atoms with Gasteiger partial charge < -0.3 is 0 Å². The van der Waals surface area contributed by atoms with E-state index in [-0.39, 0.29) is 5.41 Å². The van der Waals surface area contributed by atoms with Crippen LogP contribution in [0.2, 0.25) is 0 Å². The van der Waals surface area contributed by atoms with E-state index in [1.807, 2.05) is 0 Å². The highest BCUT2D eigenvalue weighted by molar-refractivity contribution is 9.10. The van der Waals surface area contributed by atoms with E-state index < -0.39 is 0 Å². The number of hydrogen-bond acceptors (Lipinski definition) is 0. The predicted octanol–water partition coefficient (Wildman–Crippen LogP) is 8.09. The molecular formula is C27H21Br. The largest absolute Gasteiger partial charge is 0.0622 e. The van der Waals surface area contributed by atoms with Crippen molar-refractivity contribution in [2.45, 2.75) is 19.3 Å². The summed E-state index contributed by atoms with van der Waals surface area (Å²) < 4.78 is 1.12. The quantitative estimate of drug-likeness (QED) is 0.304. The number of benzene rings is 4. The molecule has 0 aliphatic heterocycles. The van der Waals surface area contributed by atoms with Gasteiger partial charge in [0.1, 0.15) is 0 Å². The van der Waals surface area contributed by atoms with Gasteiger partial charge in [0.05, 0.1) is 0 Å². The summed E-state index contributed by atoms with van der Waals surface area (Å²) in [6.07, 6.45) is 0. The Bertz CT molecular complexity index is 1190. The lowest BCUT2D eigenvalue weighted by atomic mass is 9.81. The van der Waals surface area contributed by atoms with Gasteiger partial charge in [0.15, 0.2) is 0 Å². The molecule has 0 atom stereocenters. The molecule has 4 aromatic rings. The lowest BCUT2D eigenvalue weighted by molar-refractivity contribution is 0.660. The second kappa shape index (κ2) is 6.46. The van der Waals surface area contributed by atoms with Crippen LogP contribution in [0.5, 0.6) is 0 Å². The minimum atomic E-state index is 0.0309. The maximum atomic E-state index is 3.79. The van der Waals surface area contributed by atoms with Gasteiger partial charge in [-0.2, -0.15) is 0 Å². The average molecular weight is 425 g/mol. The number of fused-ring (bicyclic) bond motifs is 3. The van der Waals surface area contributed by atoms with E-state index in [0.29, 0.717) is 0 Å². The van der Waals surface area contributed by atoms with Crippen molar-refractivity contribution in [3.63, 3.8) is 0 Å². The smallest absolute Gasteiger partial charge is 0.0259 e. The Morgan fingerprint density at radius 3 is 1.89 bits per heavy atom. The van der Waals surface area contributed by atoms with E-state index in [2.05, 4.69) is 121 Å². The Morgan fingerprint density at radius 1 is 0.536 bits per heavy atom. The van der Waals surface area contributed by atoms with E-state index in [0.717, 1.165) is 4.47 Å². The molecule has 0 radical (unpaired) electrons. The lowest BCUT2D eigenvalue weighted by Crippen LogP contribution is -2.14.